The van der Waals surface area contributed by atoms with Crippen LogP contribution in [0.25, 0.3) is 0 Å². The number of alkyl carbamates (subject to hydrolysis) is 1. The summed E-state index contributed by atoms with van der Waals surface area (Å²) in [6.07, 6.45) is 1.31. The van der Waals surface area contributed by atoms with Crippen LogP contribution in [0.15, 0.2) is 0 Å². The molecule has 17 heavy (non-hydrogen) atoms. The molecule has 1 aliphatic rings. The maximum absolute atomic E-state index is 11.9. The first-order valence-corrected chi connectivity index (χ1v) is 6.17. The van der Waals surface area contributed by atoms with Gasteiger partial charge >= 0.3 is 6.09 Å². The van der Waals surface area contributed by atoms with Crippen LogP contribution in [-0.2, 0) is 9.53 Å². The van der Waals surface area contributed by atoms with Crippen molar-refractivity contribution >= 4 is 11.9 Å². The fraction of sp³-hybridized carbons (Fsp3) is 0.846. The molecule has 1 amide bonds. The van der Waals surface area contributed by atoms with E-state index in [1.165, 1.54) is 0 Å². The van der Waals surface area contributed by atoms with E-state index in [-0.39, 0.29) is 17.1 Å². The van der Waals surface area contributed by atoms with Crippen molar-refractivity contribution in [1.82, 2.24) is 5.32 Å². The van der Waals surface area contributed by atoms with Crippen LogP contribution in [0.2, 0.25) is 0 Å². The Morgan fingerprint density at radius 3 is 2.18 bits per heavy atom. The summed E-state index contributed by atoms with van der Waals surface area (Å²) in [5.41, 5.74) is -0.812. The molecule has 4 heteroatoms. The average Bonchev–Trinajstić information content (AvgIpc) is 2.91. The first-order chi connectivity index (χ1) is 7.66. The molecule has 0 aromatic heterocycles. The van der Waals surface area contributed by atoms with Gasteiger partial charge in [-0.3, -0.25) is 4.79 Å². The zero-order chi connectivity index (χ0) is 13.3. The van der Waals surface area contributed by atoms with E-state index in [9.17, 15) is 9.59 Å². The molecule has 0 aliphatic heterocycles. The summed E-state index contributed by atoms with van der Waals surface area (Å²) < 4.78 is 5.14. The number of rotatable bonds is 4. The van der Waals surface area contributed by atoms with Gasteiger partial charge in [-0.25, -0.2) is 4.79 Å². The summed E-state index contributed by atoms with van der Waals surface area (Å²) in [6.45, 7) is 9.65. The van der Waals surface area contributed by atoms with Crippen molar-refractivity contribution in [2.75, 3.05) is 6.54 Å². The van der Waals surface area contributed by atoms with Crippen LogP contribution in [0, 0.1) is 11.3 Å². The van der Waals surface area contributed by atoms with E-state index in [0.29, 0.717) is 6.54 Å². The van der Waals surface area contributed by atoms with E-state index in [1.807, 2.05) is 34.6 Å². The number of ketones is 1. The summed E-state index contributed by atoms with van der Waals surface area (Å²) in [5.74, 6) is 0.270. The zero-order valence-corrected chi connectivity index (χ0v) is 11.4. The second-order valence-corrected chi connectivity index (χ2v) is 6.15. The number of amides is 1. The molecular formula is C13H23NO3. The quantitative estimate of drug-likeness (QED) is 0.822. The largest absolute Gasteiger partial charge is 0.444 e. The third kappa shape index (κ3) is 4.02. The van der Waals surface area contributed by atoms with E-state index in [1.54, 1.807) is 0 Å². The normalized spacial score (nSPS) is 17.8. The number of Topliss-reactive ketones (excluding diaryl/α,β-unsaturated/α-hetero) is 1. The Hall–Kier alpha value is -1.06. The Kier molecular flexibility index (Phi) is 3.84. The lowest BCUT2D eigenvalue weighted by molar-refractivity contribution is -0.126. The molecule has 0 heterocycles. The van der Waals surface area contributed by atoms with Crippen molar-refractivity contribution in [1.29, 1.82) is 0 Å². The third-order valence-corrected chi connectivity index (χ3v) is 2.87. The van der Waals surface area contributed by atoms with Gasteiger partial charge in [0.15, 0.2) is 0 Å². The van der Waals surface area contributed by atoms with Crippen LogP contribution < -0.4 is 5.32 Å². The zero-order valence-electron chi connectivity index (χ0n) is 11.4. The highest BCUT2D eigenvalue weighted by atomic mass is 16.6. The molecule has 0 bridgehead atoms. The molecule has 1 aliphatic carbocycles. The third-order valence-electron chi connectivity index (χ3n) is 2.87. The number of hydrogen-bond acceptors (Lipinski definition) is 3. The van der Waals surface area contributed by atoms with Crippen LogP contribution in [0.1, 0.15) is 47.5 Å². The first-order valence-electron chi connectivity index (χ1n) is 6.17. The molecule has 0 aromatic carbocycles. The molecular weight excluding hydrogens is 218 g/mol. The van der Waals surface area contributed by atoms with Crippen molar-refractivity contribution in [3.8, 4) is 0 Å². The standard InChI is InChI=1S/C13H23NO3/c1-9(2)10(15)13(6-7-13)8-14-11(16)17-12(3,4)5/h9H,6-8H2,1-5H3,(H,14,16). The molecule has 1 rings (SSSR count). The van der Waals surface area contributed by atoms with E-state index in [4.69, 9.17) is 4.74 Å². The number of nitrogens with one attached hydrogen (secondary N) is 1. The van der Waals surface area contributed by atoms with Crippen molar-refractivity contribution in [3.05, 3.63) is 0 Å². The van der Waals surface area contributed by atoms with Crippen LogP contribution in [0.4, 0.5) is 4.79 Å². The minimum atomic E-state index is -0.497. The molecule has 0 radical (unpaired) electrons. The number of ether oxygens (including phenoxy) is 1. The number of carbonyl (C=O) groups is 2. The molecule has 4 nitrogen and oxygen atoms in total. The Labute approximate surface area is 103 Å². The highest BCUT2D eigenvalue weighted by Gasteiger charge is 2.50. The minimum absolute atomic E-state index is 0.0259. The van der Waals surface area contributed by atoms with Gasteiger partial charge in [-0.2, -0.15) is 0 Å². The molecule has 1 saturated carbocycles. The van der Waals surface area contributed by atoms with Crippen molar-refractivity contribution < 1.29 is 14.3 Å². The molecule has 0 unspecified atom stereocenters. The number of hydrogen-bond donors (Lipinski definition) is 1. The highest BCUT2D eigenvalue weighted by Crippen LogP contribution is 2.47. The molecule has 0 saturated heterocycles. The van der Waals surface area contributed by atoms with E-state index in [0.717, 1.165) is 12.8 Å². The van der Waals surface area contributed by atoms with Gasteiger partial charge in [-0.05, 0) is 33.6 Å². The fourth-order valence-electron chi connectivity index (χ4n) is 1.83. The summed E-state index contributed by atoms with van der Waals surface area (Å²) in [5, 5.41) is 2.70. The lowest BCUT2D eigenvalue weighted by atomic mass is 9.92. The lowest BCUT2D eigenvalue weighted by Gasteiger charge is -2.22. The summed E-state index contributed by atoms with van der Waals surface area (Å²) in [7, 11) is 0. The van der Waals surface area contributed by atoms with E-state index < -0.39 is 11.7 Å². The SMILES string of the molecule is CC(C)C(=O)C1(CNC(=O)OC(C)(C)C)CC1. The van der Waals surface area contributed by atoms with Gasteiger partial charge < -0.3 is 10.1 Å². The predicted octanol–water partition coefficient (Wildman–Crippen LogP) is 2.52. The second kappa shape index (κ2) is 4.67. The van der Waals surface area contributed by atoms with Crippen LogP contribution >= 0.6 is 0 Å². The van der Waals surface area contributed by atoms with Gasteiger partial charge in [0.2, 0.25) is 0 Å². The Balaban J connectivity index is 2.41. The molecule has 1 fully saturated rings. The van der Waals surface area contributed by atoms with Crippen molar-refractivity contribution in [2.24, 2.45) is 11.3 Å². The molecule has 1 N–H and O–H groups in total. The minimum Gasteiger partial charge on any atom is -0.444 e. The Morgan fingerprint density at radius 2 is 1.82 bits per heavy atom. The average molecular weight is 241 g/mol. The van der Waals surface area contributed by atoms with Gasteiger partial charge in [0.1, 0.15) is 11.4 Å². The molecule has 0 spiro atoms. The topological polar surface area (TPSA) is 55.4 Å². The van der Waals surface area contributed by atoms with Gasteiger partial charge in [0.05, 0.1) is 0 Å². The lowest BCUT2D eigenvalue weighted by Crippen LogP contribution is -2.39. The van der Waals surface area contributed by atoms with Gasteiger partial charge in [-0.15, -0.1) is 0 Å². The van der Waals surface area contributed by atoms with Gasteiger partial charge in [-0.1, -0.05) is 13.8 Å². The number of carbonyl (C=O) groups excluding carboxylic acids is 2. The molecule has 0 aromatic rings. The van der Waals surface area contributed by atoms with E-state index in [2.05, 4.69) is 5.32 Å². The highest BCUT2D eigenvalue weighted by molar-refractivity contribution is 5.89. The van der Waals surface area contributed by atoms with Gasteiger partial charge in [0.25, 0.3) is 0 Å². The Morgan fingerprint density at radius 1 is 1.29 bits per heavy atom. The smallest absolute Gasteiger partial charge is 0.407 e. The monoisotopic (exact) mass is 241 g/mol. The summed E-state index contributed by atoms with van der Waals surface area (Å²) >= 11 is 0. The van der Waals surface area contributed by atoms with Gasteiger partial charge in [0, 0.05) is 17.9 Å². The first kappa shape index (κ1) is 14.0. The molecule has 98 valence electrons. The maximum Gasteiger partial charge on any atom is 0.407 e. The van der Waals surface area contributed by atoms with Crippen molar-refractivity contribution in [3.63, 3.8) is 0 Å². The molecule has 0 atom stereocenters. The predicted molar refractivity (Wildman–Crippen MR) is 65.7 cm³/mol. The van der Waals surface area contributed by atoms with Crippen LogP contribution in [-0.4, -0.2) is 24.0 Å². The maximum atomic E-state index is 11.9. The van der Waals surface area contributed by atoms with Crippen molar-refractivity contribution in [2.45, 2.75) is 53.1 Å². The van der Waals surface area contributed by atoms with E-state index >= 15 is 0 Å². The summed E-state index contributed by atoms with van der Waals surface area (Å²) in [6, 6.07) is 0. The second-order valence-electron chi connectivity index (χ2n) is 6.15. The van der Waals surface area contributed by atoms with Crippen LogP contribution in [0.3, 0.4) is 0 Å². The summed E-state index contributed by atoms with van der Waals surface area (Å²) in [4.78, 5) is 23.4. The van der Waals surface area contributed by atoms with Crippen LogP contribution in [0.5, 0.6) is 0 Å². The fourth-order valence-corrected chi connectivity index (χ4v) is 1.83. The Bertz CT molecular complexity index is 311.